The standard InChI is InChI=1S/C20H24N6O2.2ClH/c1-21-6-7-24-15-2-3-16-18-17(15)20(28)13-4-5-23-12-14(13)19(18)25-26(16)10-8-22-9-11-27;;/h2-5,12,21-22,24,27H,6-11H2,1H3;2*1H. The number of benzene rings is 1. The summed E-state index contributed by atoms with van der Waals surface area (Å²) in [6.07, 6.45) is 3.36. The first kappa shape index (κ1) is 24.0. The van der Waals surface area contributed by atoms with E-state index in [-0.39, 0.29) is 37.2 Å². The number of aromatic nitrogens is 3. The van der Waals surface area contributed by atoms with Gasteiger partial charge in [0.05, 0.1) is 24.2 Å². The molecule has 0 saturated carbocycles. The second kappa shape index (κ2) is 10.7. The highest BCUT2D eigenvalue weighted by atomic mass is 35.5. The molecule has 3 aromatic rings. The smallest absolute Gasteiger partial charge is 0.196 e. The lowest BCUT2D eigenvalue weighted by molar-refractivity contribution is 0.104. The highest BCUT2D eigenvalue weighted by Gasteiger charge is 2.31. The first-order valence-electron chi connectivity index (χ1n) is 9.49. The van der Waals surface area contributed by atoms with Crippen molar-refractivity contribution in [3.63, 3.8) is 0 Å². The highest BCUT2D eigenvalue weighted by molar-refractivity contribution is 6.27. The third-order valence-electron chi connectivity index (χ3n) is 4.95. The molecule has 10 heteroatoms. The quantitative estimate of drug-likeness (QED) is 0.286. The van der Waals surface area contributed by atoms with Crippen LogP contribution in [0.3, 0.4) is 0 Å². The van der Waals surface area contributed by atoms with Crippen molar-refractivity contribution in [1.29, 1.82) is 0 Å². The zero-order valence-electron chi connectivity index (χ0n) is 16.6. The molecule has 2 aromatic heterocycles. The molecule has 8 nitrogen and oxygen atoms in total. The maximum Gasteiger partial charge on any atom is 0.196 e. The molecular formula is C20H26Cl2N6O2. The van der Waals surface area contributed by atoms with Gasteiger partial charge in [0.2, 0.25) is 0 Å². The minimum Gasteiger partial charge on any atom is -0.395 e. The summed E-state index contributed by atoms with van der Waals surface area (Å²) >= 11 is 0. The van der Waals surface area contributed by atoms with E-state index in [0.717, 1.165) is 40.9 Å². The number of hydrogen-bond acceptors (Lipinski definition) is 7. The van der Waals surface area contributed by atoms with Crippen molar-refractivity contribution in [3.05, 3.63) is 41.7 Å². The summed E-state index contributed by atoms with van der Waals surface area (Å²) in [5, 5.41) is 24.3. The average molecular weight is 453 g/mol. The van der Waals surface area contributed by atoms with Gasteiger partial charge >= 0.3 is 0 Å². The molecule has 0 amide bonds. The van der Waals surface area contributed by atoms with E-state index >= 15 is 0 Å². The van der Waals surface area contributed by atoms with Gasteiger partial charge in [-0.15, -0.1) is 24.8 Å². The van der Waals surface area contributed by atoms with Crippen LogP contribution < -0.4 is 16.0 Å². The SMILES string of the molecule is CNCCNc1ccc2c3c(nn2CCNCCO)-c2cnccc2C(=O)c13.Cl.Cl. The van der Waals surface area contributed by atoms with E-state index in [1.807, 2.05) is 23.9 Å². The minimum atomic E-state index is 0. The number of carbonyl (C=O) groups excluding carboxylic acids is 1. The van der Waals surface area contributed by atoms with Crippen LogP contribution in [-0.2, 0) is 6.54 Å². The lowest BCUT2D eigenvalue weighted by Crippen LogP contribution is -2.23. The third-order valence-corrected chi connectivity index (χ3v) is 4.95. The van der Waals surface area contributed by atoms with Gasteiger partial charge in [-0.25, -0.2) is 0 Å². The van der Waals surface area contributed by atoms with Gasteiger partial charge in [-0.2, -0.15) is 5.10 Å². The van der Waals surface area contributed by atoms with Crippen LogP contribution in [0.2, 0.25) is 0 Å². The predicted octanol–water partition coefficient (Wildman–Crippen LogP) is 1.70. The molecule has 162 valence electrons. The molecule has 1 aliphatic carbocycles. The molecule has 0 unspecified atom stereocenters. The molecule has 0 spiro atoms. The van der Waals surface area contributed by atoms with E-state index < -0.39 is 0 Å². The Hall–Kier alpha value is -2.23. The Bertz CT molecular complexity index is 1020. The van der Waals surface area contributed by atoms with E-state index in [2.05, 4.69) is 20.9 Å². The van der Waals surface area contributed by atoms with Gasteiger partial charge in [0, 0.05) is 60.8 Å². The van der Waals surface area contributed by atoms with Gasteiger partial charge < -0.3 is 21.1 Å². The number of pyridine rings is 1. The molecule has 2 heterocycles. The van der Waals surface area contributed by atoms with Crippen LogP contribution in [0.5, 0.6) is 0 Å². The number of anilines is 1. The van der Waals surface area contributed by atoms with Crippen LogP contribution in [0.4, 0.5) is 5.69 Å². The first-order valence-corrected chi connectivity index (χ1v) is 9.49. The molecule has 4 N–H and O–H groups in total. The highest BCUT2D eigenvalue weighted by Crippen LogP contribution is 2.41. The number of ketones is 1. The van der Waals surface area contributed by atoms with E-state index in [9.17, 15) is 4.79 Å². The summed E-state index contributed by atoms with van der Waals surface area (Å²) in [5.74, 6) is 0.000383. The molecule has 0 radical (unpaired) electrons. The number of carbonyl (C=O) groups is 1. The van der Waals surface area contributed by atoms with Gasteiger partial charge in [-0.05, 0) is 25.2 Å². The van der Waals surface area contributed by atoms with Gasteiger partial charge in [0.1, 0.15) is 5.69 Å². The maximum absolute atomic E-state index is 13.3. The Morgan fingerprint density at radius 2 is 1.90 bits per heavy atom. The molecular weight excluding hydrogens is 427 g/mol. The zero-order chi connectivity index (χ0) is 19.5. The number of aliphatic hydroxyl groups is 1. The molecule has 4 rings (SSSR count). The number of fused-ring (bicyclic) bond motifs is 2. The van der Waals surface area contributed by atoms with Crippen molar-refractivity contribution in [2.45, 2.75) is 6.54 Å². The first-order chi connectivity index (χ1) is 13.8. The number of nitrogens with zero attached hydrogens (tertiary/aromatic N) is 3. The number of rotatable bonds is 9. The Labute approximate surface area is 187 Å². The second-order valence-corrected chi connectivity index (χ2v) is 6.71. The van der Waals surface area contributed by atoms with Crippen molar-refractivity contribution in [1.82, 2.24) is 25.4 Å². The summed E-state index contributed by atoms with van der Waals surface area (Å²) in [5.41, 5.74) is 4.64. The summed E-state index contributed by atoms with van der Waals surface area (Å²) < 4.78 is 1.92. The topological polar surface area (TPSA) is 104 Å². The molecule has 0 fully saturated rings. The maximum atomic E-state index is 13.3. The summed E-state index contributed by atoms with van der Waals surface area (Å²) in [4.78, 5) is 17.5. The van der Waals surface area contributed by atoms with Crippen LogP contribution in [0.1, 0.15) is 15.9 Å². The lowest BCUT2D eigenvalue weighted by atomic mass is 9.87. The second-order valence-electron chi connectivity index (χ2n) is 6.71. The molecule has 0 saturated heterocycles. The van der Waals surface area contributed by atoms with E-state index in [4.69, 9.17) is 10.2 Å². The van der Waals surface area contributed by atoms with Crippen molar-refractivity contribution in [3.8, 4) is 11.3 Å². The van der Waals surface area contributed by atoms with Crippen LogP contribution in [-0.4, -0.2) is 65.5 Å². The van der Waals surface area contributed by atoms with Crippen molar-refractivity contribution in [2.24, 2.45) is 0 Å². The third kappa shape index (κ3) is 4.28. The fourth-order valence-electron chi connectivity index (χ4n) is 3.64. The molecule has 1 aliphatic rings. The number of aliphatic hydroxyl groups excluding tert-OH is 1. The van der Waals surface area contributed by atoms with Crippen LogP contribution in [0.15, 0.2) is 30.6 Å². The van der Waals surface area contributed by atoms with Gasteiger partial charge in [-0.1, -0.05) is 0 Å². The fourth-order valence-corrected chi connectivity index (χ4v) is 3.64. The molecule has 30 heavy (non-hydrogen) atoms. The molecule has 1 aromatic carbocycles. The van der Waals surface area contributed by atoms with E-state index in [1.54, 1.807) is 18.5 Å². The number of nitrogens with one attached hydrogen (secondary N) is 3. The molecule has 0 aliphatic heterocycles. The largest absolute Gasteiger partial charge is 0.395 e. The van der Waals surface area contributed by atoms with Crippen LogP contribution in [0.25, 0.3) is 22.2 Å². The summed E-state index contributed by atoms with van der Waals surface area (Å²) in [7, 11) is 1.90. The summed E-state index contributed by atoms with van der Waals surface area (Å²) in [6.45, 7) is 3.50. The van der Waals surface area contributed by atoms with E-state index in [1.165, 1.54) is 0 Å². The van der Waals surface area contributed by atoms with Crippen LogP contribution in [0, 0.1) is 0 Å². The van der Waals surface area contributed by atoms with Crippen LogP contribution >= 0.6 is 24.8 Å². The lowest BCUT2D eigenvalue weighted by Gasteiger charge is -2.18. The number of halogens is 2. The number of hydrogen-bond donors (Lipinski definition) is 4. The molecule has 0 atom stereocenters. The van der Waals surface area contributed by atoms with Crippen molar-refractivity contribution in [2.75, 3.05) is 45.2 Å². The number of likely N-dealkylation sites (N-methyl/N-ethyl adjacent to an activating group) is 1. The molecule has 0 bridgehead atoms. The van der Waals surface area contributed by atoms with Gasteiger partial charge in [-0.3, -0.25) is 14.5 Å². The fraction of sp³-hybridized carbons (Fsp3) is 0.350. The van der Waals surface area contributed by atoms with E-state index in [0.29, 0.717) is 30.8 Å². The Morgan fingerprint density at radius 3 is 2.67 bits per heavy atom. The van der Waals surface area contributed by atoms with Crippen molar-refractivity contribution >= 4 is 47.2 Å². The Kier molecular flexibility index (Phi) is 8.57. The predicted molar refractivity (Wildman–Crippen MR) is 123 cm³/mol. The Balaban J connectivity index is 0.00000160. The normalized spacial score (nSPS) is 11.6. The Morgan fingerprint density at radius 1 is 1.07 bits per heavy atom. The zero-order valence-corrected chi connectivity index (χ0v) is 18.3. The van der Waals surface area contributed by atoms with Gasteiger partial charge in [0.25, 0.3) is 0 Å². The minimum absolute atomic E-state index is 0. The average Bonchev–Trinajstić information content (AvgIpc) is 3.09. The summed E-state index contributed by atoms with van der Waals surface area (Å²) in [6, 6.07) is 5.73. The van der Waals surface area contributed by atoms with Gasteiger partial charge in [0.15, 0.2) is 5.78 Å². The monoisotopic (exact) mass is 452 g/mol. The van der Waals surface area contributed by atoms with Crippen molar-refractivity contribution < 1.29 is 9.90 Å².